The van der Waals surface area contributed by atoms with Crippen LogP contribution in [0.1, 0.15) is 26.2 Å². The van der Waals surface area contributed by atoms with E-state index in [1.165, 1.54) is 31.2 Å². The second-order valence-electron chi connectivity index (χ2n) is 4.83. The molecular formula is C14H17N3O6. The number of hydrogen-bond donors (Lipinski definition) is 3. The third kappa shape index (κ3) is 6.55. The Kier molecular flexibility index (Phi) is 6.66. The van der Waals surface area contributed by atoms with Gasteiger partial charge in [0.2, 0.25) is 11.8 Å². The number of rotatable bonds is 8. The van der Waals surface area contributed by atoms with Crippen LogP contribution in [0.15, 0.2) is 24.3 Å². The lowest BCUT2D eigenvalue weighted by atomic mass is 10.2. The summed E-state index contributed by atoms with van der Waals surface area (Å²) in [5.41, 5.74) is 0.273. The number of non-ortho nitro benzene ring substituents is 1. The summed E-state index contributed by atoms with van der Waals surface area (Å²) in [6.45, 7) is 1.48. The number of carboxylic acids is 1. The van der Waals surface area contributed by atoms with Crippen LogP contribution < -0.4 is 10.6 Å². The van der Waals surface area contributed by atoms with Gasteiger partial charge < -0.3 is 15.7 Å². The highest BCUT2D eigenvalue weighted by Crippen LogP contribution is 2.15. The average Bonchev–Trinajstić information content (AvgIpc) is 2.47. The molecule has 0 bridgehead atoms. The molecule has 2 amide bonds. The average molecular weight is 323 g/mol. The van der Waals surface area contributed by atoms with Gasteiger partial charge in [0.05, 0.1) is 4.92 Å². The van der Waals surface area contributed by atoms with Crippen molar-refractivity contribution < 1.29 is 24.4 Å². The minimum atomic E-state index is -0.984. The predicted molar refractivity (Wildman–Crippen MR) is 80.8 cm³/mol. The number of nitrogens with zero attached hydrogens (tertiary/aromatic N) is 1. The molecule has 0 radical (unpaired) electrons. The van der Waals surface area contributed by atoms with Crippen molar-refractivity contribution in [1.29, 1.82) is 0 Å². The first-order chi connectivity index (χ1) is 10.8. The third-order valence-corrected chi connectivity index (χ3v) is 2.91. The molecular weight excluding hydrogens is 306 g/mol. The van der Waals surface area contributed by atoms with Crippen molar-refractivity contribution in [3.63, 3.8) is 0 Å². The van der Waals surface area contributed by atoms with Gasteiger partial charge in [0, 0.05) is 30.7 Å². The van der Waals surface area contributed by atoms with Crippen LogP contribution in [0.2, 0.25) is 0 Å². The quantitative estimate of drug-likeness (QED) is 0.486. The Morgan fingerprint density at radius 2 is 1.83 bits per heavy atom. The number of amides is 2. The number of nitro groups is 1. The molecule has 1 atom stereocenters. The minimum absolute atomic E-state index is 0.0153. The lowest BCUT2D eigenvalue weighted by molar-refractivity contribution is -0.384. The van der Waals surface area contributed by atoms with E-state index in [2.05, 4.69) is 10.6 Å². The van der Waals surface area contributed by atoms with Gasteiger partial charge in [-0.25, -0.2) is 0 Å². The van der Waals surface area contributed by atoms with Gasteiger partial charge in [-0.1, -0.05) is 0 Å². The van der Waals surface area contributed by atoms with Gasteiger partial charge in [0.15, 0.2) is 0 Å². The van der Waals surface area contributed by atoms with Gasteiger partial charge >= 0.3 is 5.97 Å². The van der Waals surface area contributed by atoms with E-state index in [1.807, 2.05) is 0 Å². The van der Waals surface area contributed by atoms with Gasteiger partial charge in [0.1, 0.15) is 6.04 Å². The van der Waals surface area contributed by atoms with Crippen LogP contribution in [0.4, 0.5) is 11.4 Å². The number of carbonyl (C=O) groups excluding carboxylic acids is 2. The van der Waals surface area contributed by atoms with E-state index in [4.69, 9.17) is 5.11 Å². The van der Waals surface area contributed by atoms with Crippen LogP contribution in [0.3, 0.4) is 0 Å². The fourth-order valence-corrected chi connectivity index (χ4v) is 1.70. The van der Waals surface area contributed by atoms with E-state index in [1.54, 1.807) is 0 Å². The number of aliphatic carboxylic acids is 1. The van der Waals surface area contributed by atoms with E-state index >= 15 is 0 Å². The molecule has 0 spiro atoms. The Morgan fingerprint density at radius 3 is 2.35 bits per heavy atom. The molecule has 9 nitrogen and oxygen atoms in total. The van der Waals surface area contributed by atoms with Crippen molar-refractivity contribution in [2.75, 3.05) is 5.32 Å². The van der Waals surface area contributed by atoms with Crippen molar-refractivity contribution in [2.45, 2.75) is 32.2 Å². The fourth-order valence-electron chi connectivity index (χ4n) is 1.70. The minimum Gasteiger partial charge on any atom is -0.481 e. The Labute approximate surface area is 131 Å². The monoisotopic (exact) mass is 323 g/mol. The van der Waals surface area contributed by atoms with Crippen molar-refractivity contribution >= 4 is 29.2 Å². The molecule has 0 aromatic heterocycles. The Balaban J connectivity index is 2.45. The Morgan fingerprint density at radius 1 is 1.22 bits per heavy atom. The number of nitro benzene ring substituents is 1. The normalized spacial score (nSPS) is 11.3. The lowest BCUT2D eigenvalue weighted by Crippen LogP contribution is -2.41. The van der Waals surface area contributed by atoms with Crippen molar-refractivity contribution in [3.05, 3.63) is 34.4 Å². The predicted octanol–water partition coefficient (Wildman–Crippen LogP) is 1.29. The molecule has 0 fully saturated rings. The van der Waals surface area contributed by atoms with Crippen LogP contribution in [0, 0.1) is 10.1 Å². The first-order valence-corrected chi connectivity index (χ1v) is 6.86. The summed E-state index contributed by atoms with van der Waals surface area (Å²) in [5.74, 6) is -1.88. The summed E-state index contributed by atoms with van der Waals surface area (Å²) in [4.78, 5) is 43.8. The maximum Gasteiger partial charge on any atom is 0.303 e. The number of carbonyl (C=O) groups is 3. The van der Waals surface area contributed by atoms with Gasteiger partial charge in [-0.3, -0.25) is 24.5 Å². The highest BCUT2D eigenvalue weighted by Gasteiger charge is 2.16. The first kappa shape index (κ1) is 18.1. The number of anilines is 1. The highest BCUT2D eigenvalue weighted by molar-refractivity contribution is 5.96. The molecule has 124 valence electrons. The maximum absolute atomic E-state index is 11.9. The highest BCUT2D eigenvalue weighted by atomic mass is 16.6. The topological polar surface area (TPSA) is 139 Å². The number of hydrogen-bond acceptors (Lipinski definition) is 5. The van der Waals surface area contributed by atoms with E-state index in [0.717, 1.165) is 0 Å². The molecule has 1 aromatic carbocycles. The second kappa shape index (κ2) is 8.47. The maximum atomic E-state index is 11.9. The number of carboxylic acid groups (broad SMARTS) is 1. The molecule has 0 aliphatic rings. The van der Waals surface area contributed by atoms with Gasteiger partial charge in [-0.2, -0.15) is 0 Å². The Bertz CT molecular complexity index is 599. The SMILES string of the molecule is C[C@@H](NC(=O)CCCC(=O)O)C(=O)Nc1ccc([N+](=O)[O-])cc1. The lowest BCUT2D eigenvalue weighted by Gasteiger charge is -2.14. The summed E-state index contributed by atoms with van der Waals surface area (Å²) >= 11 is 0. The molecule has 0 aliphatic heterocycles. The molecule has 0 saturated heterocycles. The molecule has 9 heteroatoms. The fraction of sp³-hybridized carbons (Fsp3) is 0.357. The van der Waals surface area contributed by atoms with E-state index in [0.29, 0.717) is 5.69 Å². The molecule has 3 N–H and O–H groups in total. The van der Waals surface area contributed by atoms with E-state index < -0.39 is 28.7 Å². The van der Waals surface area contributed by atoms with Crippen molar-refractivity contribution in [2.24, 2.45) is 0 Å². The summed E-state index contributed by atoms with van der Waals surface area (Å²) in [5, 5.41) is 24.0. The van der Waals surface area contributed by atoms with Gasteiger partial charge in [-0.05, 0) is 25.5 Å². The third-order valence-electron chi connectivity index (χ3n) is 2.91. The van der Waals surface area contributed by atoms with Crippen LogP contribution in [0.5, 0.6) is 0 Å². The van der Waals surface area contributed by atoms with Gasteiger partial charge in [0.25, 0.3) is 5.69 Å². The summed E-state index contributed by atoms with van der Waals surface area (Å²) in [6, 6.07) is 4.47. The van der Waals surface area contributed by atoms with Gasteiger partial charge in [-0.15, -0.1) is 0 Å². The largest absolute Gasteiger partial charge is 0.481 e. The molecule has 0 unspecified atom stereocenters. The van der Waals surface area contributed by atoms with E-state index in [9.17, 15) is 24.5 Å². The molecule has 1 rings (SSSR count). The van der Waals surface area contributed by atoms with E-state index in [-0.39, 0.29) is 24.9 Å². The standard InChI is InChI=1S/C14H17N3O6/c1-9(15-12(18)3-2-4-13(19)20)14(21)16-10-5-7-11(8-6-10)17(22)23/h5-9H,2-4H2,1H3,(H,15,18)(H,16,21)(H,19,20)/t9-/m1/s1. The summed E-state index contributed by atoms with van der Waals surface area (Å²) < 4.78 is 0. The zero-order valence-corrected chi connectivity index (χ0v) is 12.4. The van der Waals surface area contributed by atoms with Crippen LogP contribution in [-0.2, 0) is 14.4 Å². The zero-order chi connectivity index (χ0) is 17.4. The van der Waals surface area contributed by atoms with Crippen LogP contribution >= 0.6 is 0 Å². The molecule has 0 saturated carbocycles. The molecule has 0 aliphatic carbocycles. The van der Waals surface area contributed by atoms with Crippen molar-refractivity contribution in [3.8, 4) is 0 Å². The smallest absolute Gasteiger partial charge is 0.303 e. The molecule has 0 heterocycles. The van der Waals surface area contributed by atoms with Crippen LogP contribution in [-0.4, -0.2) is 33.9 Å². The number of nitrogens with one attached hydrogen (secondary N) is 2. The van der Waals surface area contributed by atoms with Crippen LogP contribution in [0.25, 0.3) is 0 Å². The Hall–Kier alpha value is -2.97. The zero-order valence-electron chi connectivity index (χ0n) is 12.4. The first-order valence-electron chi connectivity index (χ1n) is 6.86. The summed E-state index contributed by atoms with van der Waals surface area (Å²) in [7, 11) is 0. The van der Waals surface area contributed by atoms with Crippen molar-refractivity contribution in [1.82, 2.24) is 5.32 Å². The molecule has 23 heavy (non-hydrogen) atoms. The summed E-state index contributed by atoms with van der Waals surface area (Å²) in [6.07, 6.45) is 0.0934. The number of benzene rings is 1. The molecule has 1 aromatic rings. The second-order valence-corrected chi connectivity index (χ2v) is 4.83.